The van der Waals surface area contributed by atoms with E-state index in [0.717, 1.165) is 0 Å². The van der Waals surface area contributed by atoms with Crippen molar-refractivity contribution < 1.29 is 19.5 Å². The normalized spacial score (nSPS) is 21.9. The molecule has 1 aromatic carbocycles. The zero-order chi connectivity index (χ0) is 15.6. The van der Waals surface area contributed by atoms with Crippen LogP contribution in [0.15, 0.2) is 24.3 Å². The van der Waals surface area contributed by atoms with Crippen molar-refractivity contribution in [2.75, 3.05) is 6.54 Å². The van der Waals surface area contributed by atoms with E-state index in [4.69, 9.17) is 10.8 Å². The van der Waals surface area contributed by atoms with Crippen molar-refractivity contribution in [1.82, 2.24) is 4.90 Å². The number of likely N-dealkylation sites (tertiary alicyclic amines) is 1. The second kappa shape index (κ2) is 5.95. The summed E-state index contributed by atoms with van der Waals surface area (Å²) in [5.41, 5.74) is 5.82. The van der Waals surface area contributed by atoms with Crippen molar-refractivity contribution in [3.05, 3.63) is 35.4 Å². The molecule has 0 bridgehead atoms. The van der Waals surface area contributed by atoms with E-state index in [1.807, 2.05) is 6.92 Å². The molecule has 1 aliphatic rings. The van der Waals surface area contributed by atoms with Crippen molar-refractivity contribution >= 4 is 17.8 Å². The molecule has 0 saturated carbocycles. The number of carboxylic acid groups (broad SMARTS) is 1. The molecule has 6 nitrogen and oxygen atoms in total. The number of hydrogen-bond donors (Lipinski definition) is 2. The van der Waals surface area contributed by atoms with E-state index in [9.17, 15) is 14.4 Å². The molecular weight excluding hydrogens is 272 g/mol. The molecule has 2 amide bonds. The zero-order valence-corrected chi connectivity index (χ0v) is 11.8. The molecule has 21 heavy (non-hydrogen) atoms. The van der Waals surface area contributed by atoms with Gasteiger partial charge in [0.2, 0.25) is 5.91 Å². The number of hydrogen-bond acceptors (Lipinski definition) is 3. The van der Waals surface area contributed by atoms with Crippen LogP contribution in [0.4, 0.5) is 0 Å². The minimum Gasteiger partial charge on any atom is -0.481 e. The Balaban J connectivity index is 2.23. The molecule has 1 fully saturated rings. The number of piperidine rings is 1. The summed E-state index contributed by atoms with van der Waals surface area (Å²) in [6.45, 7) is 2.09. The molecule has 112 valence electrons. The van der Waals surface area contributed by atoms with Gasteiger partial charge in [-0.15, -0.1) is 0 Å². The number of nitrogens with zero attached hydrogens (tertiary/aromatic N) is 1. The third-order valence-electron chi connectivity index (χ3n) is 3.89. The number of carboxylic acids is 1. The summed E-state index contributed by atoms with van der Waals surface area (Å²) in [7, 11) is 0. The Bertz CT molecular complexity index is 585. The van der Waals surface area contributed by atoms with E-state index in [0.29, 0.717) is 18.4 Å². The lowest BCUT2D eigenvalue weighted by Gasteiger charge is -2.36. The molecule has 3 N–H and O–H groups in total. The third-order valence-corrected chi connectivity index (χ3v) is 3.89. The Labute approximate surface area is 122 Å². The molecule has 2 atom stereocenters. The fourth-order valence-electron chi connectivity index (χ4n) is 2.56. The minimum absolute atomic E-state index is 0.0228. The molecule has 1 saturated heterocycles. The first-order valence-electron chi connectivity index (χ1n) is 6.83. The number of carbonyl (C=O) groups excluding carboxylic acids is 2. The molecule has 0 spiro atoms. The van der Waals surface area contributed by atoms with Gasteiger partial charge in [0, 0.05) is 23.7 Å². The van der Waals surface area contributed by atoms with Crippen LogP contribution in [0.5, 0.6) is 0 Å². The van der Waals surface area contributed by atoms with E-state index in [-0.39, 0.29) is 24.1 Å². The second-order valence-electron chi connectivity index (χ2n) is 5.36. The highest BCUT2D eigenvalue weighted by Crippen LogP contribution is 2.24. The van der Waals surface area contributed by atoms with Crippen LogP contribution in [-0.2, 0) is 4.79 Å². The van der Waals surface area contributed by atoms with Crippen LogP contribution in [0.25, 0.3) is 0 Å². The number of amides is 2. The van der Waals surface area contributed by atoms with Gasteiger partial charge < -0.3 is 15.7 Å². The van der Waals surface area contributed by atoms with E-state index < -0.39 is 17.8 Å². The fourth-order valence-corrected chi connectivity index (χ4v) is 2.56. The van der Waals surface area contributed by atoms with E-state index in [2.05, 4.69) is 0 Å². The van der Waals surface area contributed by atoms with Gasteiger partial charge in [-0.2, -0.15) is 0 Å². The molecule has 6 heteroatoms. The summed E-state index contributed by atoms with van der Waals surface area (Å²) in [5, 5.41) is 9.11. The largest absolute Gasteiger partial charge is 0.481 e. The second-order valence-corrected chi connectivity index (χ2v) is 5.36. The van der Waals surface area contributed by atoms with Gasteiger partial charge in [0.1, 0.15) is 0 Å². The quantitative estimate of drug-likeness (QED) is 0.870. The van der Waals surface area contributed by atoms with Gasteiger partial charge in [-0.25, -0.2) is 0 Å². The standard InChI is InChI=1S/C15H18N2O4/c1-9-5-6-12(15(20)21)8-17(9)14(19)11-4-2-3-10(7-11)13(16)18/h2-4,7,9,12H,5-6,8H2,1H3,(H2,16,18)(H,20,21). The van der Waals surface area contributed by atoms with Gasteiger partial charge in [-0.05, 0) is 38.0 Å². The summed E-state index contributed by atoms with van der Waals surface area (Å²) in [5.74, 6) is -2.29. The SMILES string of the molecule is CC1CCC(C(=O)O)CN1C(=O)c1cccc(C(N)=O)c1. The van der Waals surface area contributed by atoms with Crippen molar-refractivity contribution in [1.29, 1.82) is 0 Å². The summed E-state index contributed by atoms with van der Waals surface area (Å²) in [6.07, 6.45) is 1.22. The monoisotopic (exact) mass is 290 g/mol. The number of nitrogens with two attached hydrogens (primary N) is 1. The van der Waals surface area contributed by atoms with Crippen LogP contribution in [-0.4, -0.2) is 40.4 Å². The molecule has 0 radical (unpaired) electrons. The number of benzene rings is 1. The highest BCUT2D eigenvalue weighted by molar-refractivity contribution is 5.99. The molecule has 0 aromatic heterocycles. The van der Waals surface area contributed by atoms with Crippen LogP contribution < -0.4 is 5.73 Å². The van der Waals surface area contributed by atoms with Gasteiger partial charge in [0.05, 0.1) is 5.92 Å². The lowest BCUT2D eigenvalue weighted by molar-refractivity contribution is -0.143. The molecule has 1 aliphatic heterocycles. The van der Waals surface area contributed by atoms with E-state index >= 15 is 0 Å². The van der Waals surface area contributed by atoms with Crippen LogP contribution in [0.3, 0.4) is 0 Å². The predicted molar refractivity (Wildman–Crippen MR) is 75.8 cm³/mol. The molecule has 2 unspecified atom stereocenters. The van der Waals surface area contributed by atoms with Gasteiger partial charge >= 0.3 is 5.97 Å². The molecule has 1 aromatic rings. The zero-order valence-electron chi connectivity index (χ0n) is 11.8. The van der Waals surface area contributed by atoms with Gasteiger partial charge in [0.25, 0.3) is 5.91 Å². The van der Waals surface area contributed by atoms with Crippen molar-refractivity contribution in [3.63, 3.8) is 0 Å². The maximum atomic E-state index is 12.5. The number of aliphatic carboxylic acids is 1. The summed E-state index contributed by atoms with van der Waals surface area (Å²) in [6, 6.07) is 6.16. The van der Waals surface area contributed by atoms with Crippen LogP contribution >= 0.6 is 0 Å². The first kappa shape index (κ1) is 15.0. The Hall–Kier alpha value is -2.37. The number of primary amides is 1. The van der Waals surface area contributed by atoms with Crippen LogP contribution in [0.1, 0.15) is 40.5 Å². The highest BCUT2D eigenvalue weighted by atomic mass is 16.4. The van der Waals surface area contributed by atoms with Crippen LogP contribution in [0, 0.1) is 5.92 Å². The lowest BCUT2D eigenvalue weighted by Crippen LogP contribution is -2.47. The topological polar surface area (TPSA) is 101 Å². The molecule has 2 rings (SSSR count). The van der Waals surface area contributed by atoms with Crippen LogP contribution in [0.2, 0.25) is 0 Å². The maximum absolute atomic E-state index is 12.5. The smallest absolute Gasteiger partial charge is 0.308 e. The first-order valence-corrected chi connectivity index (χ1v) is 6.83. The molecular formula is C15H18N2O4. The summed E-state index contributed by atoms with van der Waals surface area (Å²) >= 11 is 0. The predicted octanol–water partition coefficient (Wildman–Crippen LogP) is 1.11. The number of rotatable bonds is 3. The Morgan fingerprint density at radius 3 is 2.52 bits per heavy atom. The third kappa shape index (κ3) is 3.21. The Morgan fingerprint density at radius 2 is 1.90 bits per heavy atom. The van der Waals surface area contributed by atoms with Gasteiger partial charge in [-0.3, -0.25) is 14.4 Å². The highest BCUT2D eigenvalue weighted by Gasteiger charge is 2.33. The van der Waals surface area contributed by atoms with Crippen molar-refractivity contribution in [2.24, 2.45) is 11.7 Å². The Morgan fingerprint density at radius 1 is 1.24 bits per heavy atom. The lowest BCUT2D eigenvalue weighted by atomic mass is 9.93. The van der Waals surface area contributed by atoms with Gasteiger partial charge in [-0.1, -0.05) is 6.07 Å². The number of carbonyl (C=O) groups is 3. The molecule has 1 heterocycles. The van der Waals surface area contributed by atoms with Gasteiger partial charge in [0.15, 0.2) is 0 Å². The maximum Gasteiger partial charge on any atom is 0.308 e. The minimum atomic E-state index is -0.884. The fraction of sp³-hybridized carbons (Fsp3) is 0.400. The van der Waals surface area contributed by atoms with E-state index in [1.165, 1.54) is 6.07 Å². The average Bonchev–Trinajstić information content (AvgIpc) is 2.47. The average molecular weight is 290 g/mol. The molecule has 0 aliphatic carbocycles. The van der Waals surface area contributed by atoms with Crippen molar-refractivity contribution in [3.8, 4) is 0 Å². The summed E-state index contributed by atoms with van der Waals surface area (Å²) < 4.78 is 0. The Kier molecular flexibility index (Phi) is 4.26. The van der Waals surface area contributed by atoms with E-state index in [1.54, 1.807) is 23.1 Å². The van der Waals surface area contributed by atoms with Crippen molar-refractivity contribution in [2.45, 2.75) is 25.8 Å². The first-order chi connectivity index (χ1) is 9.90. The summed E-state index contributed by atoms with van der Waals surface area (Å²) in [4.78, 5) is 36.4.